The maximum atomic E-state index is 13.3. The number of carbonyl (C=O) groups is 4. The Balaban J connectivity index is 0.994. The molecule has 2 saturated heterocycles. The average Bonchev–Trinajstić information content (AvgIpc) is 3.91. The predicted molar refractivity (Wildman–Crippen MR) is 201 cm³/mol. The molecule has 24 nitrogen and oxygen atoms in total. The molecule has 24 heteroatoms. The van der Waals surface area contributed by atoms with Crippen molar-refractivity contribution >= 4 is 23.9 Å². The summed E-state index contributed by atoms with van der Waals surface area (Å²) in [5.74, 6) is -10.9. The second-order valence-electron chi connectivity index (χ2n) is 16.6. The number of fused-ring (bicyclic) bond motifs is 2. The van der Waals surface area contributed by atoms with E-state index in [-0.39, 0.29) is 36.8 Å². The number of phenols is 2. The van der Waals surface area contributed by atoms with Crippen LogP contribution in [-0.2, 0) is 47.5 Å². The average molecular weight is 915 g/mol. The van der Waals surface area contributed by atoms with Crippen molar-refractivity contribution in [1.82, 2.24) is 0 Å². The number of carboxylic acid groups (broad SMARTS) is 2. The minimum absolute atomic E-state index is 0.111. The van der Waals surface area contributed by atoms with Crippen LogP contribution in [0.1, 0.15) is 46.4 Å². The van der Waals surface area contributed by atoms with Gasteiger partial charge >= 0.3 is 23.9 Å². The van der Waals surface area contributed by atoms with Gasteiger partial charge in [-0.05, 0) is 37.8 Å². The minimum Gasteiger partial charge on any atom is -0.507 e. The molecule has 18 atom stereocenters. The third-order valence-corrected chi connectivity index (χ3v) is 12.9. The summed E-state index contributed by atoms with van der Waals surface area (Å²) < 4.78 is 44.7. The maximum absolute atomic E-state index is 13.3. The van der Waals surface area contributed by atoms with Gasteiger partial charge in [0.1, 0.15) is 71.5 Å². The van der Waals surface area contributed by atoms with Gasteiger partial charge in [-0.25, -0.2) is 19.2 Å². The van der Waals surface area contributed by atoms with E-state index in [9.17, 15) is 80.5 Å². The molecule has 64 heavy (non-hydrogen) atoms. The Bertz CT molecular complexity index is 1830. The number of aliphatic carboxylic acids is 2. The summed E-state index contributed by atoms with van der Waals surface area (Å²) in [5.41, 5.74) is -1.35. The molecule has 1 aromatic rings. The molecule has 2 aliphatic carbocycles. The van der Waals surface area contributed by atoms with Gasteiger partial charge in [-0.1, -0.05) is 0 Å². The van der Waals surface area contributed by atoms with Crippen molar-refractivity contribution in [3.05, 3.63) is 46.9 Å². The number of aromatic hydroxyl groups is 2. The Morgan fingerprint density at radius 1 is 0.547 bits per heavy atom. The van der Waals surface area contributed by atoms with Crippen molar-refractivity contribution in [2.45, 2.75) is 99.7 Å². The first kappa shape index (κ1) is 47.3. The van der Waals surface area contributed by atoms with E-state index >= 15 is 0 Å². The van der Waals surface area contributed by atoms with Crippen LogP contribution >= 0.6 is 0 Å². The normalized spacial score (nSPS) is 39.2. The Morgan fingerprint density at radius 2 is 0.922 bits per heavy atom. The number of carboxylic acids is 2. The molecule has 0 spiro atoms. The van der Waals surface area contributed by atoms with E-state index in [0.29, 0.717) is 0 Å². The highest BCUT2D eigenvalue weighted by Gasteiger charge is 2.54. The van der Waals surface area contributed by atoms with Crippen LogP contribution in [0.3, 0.4) is 0 Å². The van der Waals surface area contributed by atoms with E-state index in [0.717, 1.165) is 24.7 Å². The first-order valence-corrected chi connectivity index (χ1v) is 20.4. The van der Waals surface area contributed by atoms with Crippen LogP contribution < -0.4 is 0 Å². The predicted octanol–water partition coefficient (Wildman–Crippen LogP) is -3.02. The van der Waals surface area contributed by atoms with Gasteiger partial charge in [0.15, 0.2) is 12.6 Å². The van der Waals surface area contributed by atoms with Crippen LogP contribution in [0.25, 0.3) is 0 Å². The molecule has 1 aromatic carbocycles. The fraction of sp³-hybridized carbons (Fsp3) is 0.650. The highest BCUT2D eigenvalue weighted by Crippen LogP contribution is 2.49. The second-order valence-corrected chi connectivity index (χ2v) is 16.6. The lowest BCUT2D eigenvalue weighted by Crippen LogP contribution is -2.60. The molecule has 7 rings (SSSR count). The molecule has 0 unspecified atom stereocenters. The zero-order chi connectivity index (χ0) is 46.3. The molecule has 0 amide bonds. The molecule has 0 aromatic heterocycles. The number of carbonyl (C=O) groups excluding carboxylic acids is 2. The molecule has 0 bridgehead atoms. The summed E-state index contributed by atoms with van der Waals surface area (Å²) in [6.07, 6.45) is -16.0. The van der Waals surface area contributed by atoms with Crippen molar-refractivity contribution < 1.29 is 118 Å². The quantitative estimate of drug-likeness (QED) is 0.0653. The van der Waals surface area contributed by atoms with Gasteiger partial charge < -0.3 is 99.2 Å². The summed E-state index contributed by atoms with van der Waals surface area (Å²) in [6.45, 7) is -2.28. The topological polar surface area (TPSA) is 385 Å². The lowest BCUT2D eigenvalue weighted by Gasteiger charge is -2.43. The van der Waals surface area contributed by atoms with E-state index < -0.39 is 182 Å². The molecule has 6 aliphatic rings. The third-order valence-electron chi connectivity index (χ3n) is 12.9. The molecule has 2 saturated carbocycles. The van der Waals surface area contributed by atoms with Crippen LogP contribution in [0, 0.1) is 35.5 Å². The van der Waals surface area contributed by atoms with Gasteiger partial charge in [-0.3, -0.25) is 0 Å². The molecular formula is C40H50O24. The number of aliphatic hydroxyl groups excluding tert-OH is 8. The van der Waals surface area contributed by atoms with Gasteiger partial charge in [-0.15, -0.1) is 0 Å². The zero-order valence-corrected chi connectivity index (χ0v) is 33.6. The number of esters is 2. The summed E-state index contributed by atoms with van der Waals surface area (Å²) >= 11 is 0. The first-order chi connectivity index (χ1) is 30.4. The maximum Gasteiger partial charge on any atom is 0.342 e. The van der Waals surface area contributed by atoms with Gasteiger partial charge in [0.2, 0.25) is 12.6 Å². The Labute approximate surface area is 362 Å². The largest absolute Gasteiger partial charge is 0.507 e. The van der Waals surface area contributed by atoms with E-state index in [1.165, 1.54) is 0 Å². The Kier molecular flexibility index (Phi) is 14.3. The van der Waals surface area contributed by atoms with Crippen LogP contribution in [0.15, 0.2) is 35.8 Å². The fourth-order valence-electron chi connectivity index (χ4n) is 9.50. The number of rotatable bonds is 14. The molecular weight excluding hydrogens is 864 g/mol. The van der Waals surface area contributed by atoms with Gasteiger partial charge in [0.25, 0.3) is 0 Å². The number of aliphatic hydroxyl groups is 8. The van der Waals surface area contributed by atoms with Crippen LogP contribution in [0.2, 0.25) is 0 Å². The smallest absolute Gasteiger partial charge is 0.342 e. The number of benzene rings is 1. The number of ether oxygens (including phenoxy) is 8. The van der Waals surface area contributed by atoms with Crippen molar-refractivity contribution in [2.24, 2.45) is 35.5 Å². The summed E-state index contributed by atoms with van der Waals surface area (Å²) in [5, 5.41) is 122. The lowest BCUT2D eigenvalue weighted by molar-refractivity contribution is -0.343. The molecule has 4 heterocycles. The minimum atomic E-state index is -1.80. The van der Waals surface area contributed by atoms with Crippen molar-refractivity contribution in [3.8, 4) is 11.5 Å². The van der Waals surface area contributed by atoms with Crippen molar-refractivity contribution in [1.29, 1.82) is 0 Å². The first-order valence-electron chi connectivity index (χ1n) is 20.4. The number of hydrogen-bond donors (Lipinski definition) is 12. The fourth-order valence-corrected chi connectivity index (χ4v) is 9.50. The Hall–Kier alpha value is -4.70. The zero-order valence-electron chi connectivity index (χ0n) is 33.6. The second kappa shape index (κ2) is 19.4. The number of phenolic OH excluding ortho intramolecular Hbond substituents is 2. The molecule has 4 aliphatic heterocycles. The summed E-state index contributed by atoms with van der Waals surface area (Å²) in [7, 11) is 0. The molecule has 4 fully saturated rings. The van der Waals surface area contributed by atoms with E-state index in [1.807, 2.05) is 0 Å². The van der Waals surface area contributed by atoms with Gasteiger partial charge in [-0.2, -0.15) is 0 Å². The monoisotopic (exact) mass is 914 g/mol. The standard InChI is InChI=1S/C40H50O24/c41-7-23-27(45)29(47)31(49)39(61-23)63-37-25-13(1-3-15(25)19(11-59-37)33(51)52)9-57-35(55)17-5-22(44)18(6-21(17)43)36(56)58-10-14-2-4-16-20(34(53)54)12-60-38(26(14)16)64-40-32(50)30(48)28(46)24(8-42)62-40/h5-6,11-16,23-32,37-50H,1-4,7-10H2,(H,51,52)(H,53,54)/t13-,14-,15-,16-,23-,24-,25-,26-,27-,28-,29+,30+,31-,32-,37+,38+,39+,40+/m0/s1. The van der Waals surface area contributed by atoms with Crippen LogP contribution in [0.4, 0.5) is 0 Å². The summed E-state index contributed by atoms with van der Waals surface area (Å²) in [4.78, 5) is 50.7. The Morgan fingerprint density at radius 3 is 1.27 bits per heavy atom. The van der Waals surface area contributed by atoms with Gasteiger partial charge in [0.05, 0.1) is 50.1 Å². The molecule has 354 valence electrons. The SMILES string of the molecule is O=C(O)C1=CO[C@H](O[C@H]2O[C@@H](CO)[C@H](O)[C@@H](O)[C@@H]2O)[C@H]2[C@H](COC(=O)c3cc(O)c(C(=O)OC[C@@H]4CC[C@H]5C(C(=O)O)=CO[C@H](O[C@H]6O[C@@H](CO)[C@H](O)[C@@H](O)[C@@H]6O)[C@@H]45)cc3O)CC[C@@H]12. The molecule has 12 N–H and O–H groups in total. The highest BCUT2D eigenvalue weighted by molar-refractivity contribution is 5.98. The van der Waals surface area contributed by atoms with Crippen LogP contribution in [-0.4, -0.2) is 186 Å². The lowest BCUT2D eigenvalue weighted by atomic mass is 9.83. The van der Waals surface area contributed by atoms with E-state index in [1.54, 1.807) is 0 Å². The van der Waals surface area contributed by atoms with Crippen LogP contribution in [0.5, 0.6) is 11.5 Å². The number of hydrogen-bond acceptors (Lipinski definition) is 22. The molecule has 0 radical (unpaired) electrons. The third kappa shape index (κ3) is 9.10. The highest BCUT2D eigenvalue weighted by atomic mass is 16.8. The van der Waals surface area contributed by atoms with Crippen molar-refractivity contribution in [2.75, 3.05) is 26.4 Å². The van der Waals surface area contributed by atoms with Gasteiger partial charge in [0, 0.05) is 35.5 Å². The summed E-state index contributed by atoms with van der Waals surface area (Å²) in [6, 6.07) is 1.53. The van der Waals surface area contributed by atoms with E-state index in [2.05, 4.69) is 0 Å². The van der Waals surface area contributed by atoms with Crippen molar-refractivity contribution in [3.63, 3.8) is 0 Å². The van der Waals surface area contributed by atoms with E-state index in [4.69, 9.17) is 37.9 Å².